The summed E-state index contributed by atoms with van der Waals surface area (Å²) in [5.74, 6) is 0. The molecule has 1 aromatic carbocycles. The van der Waals surface area contributed by atoms with Crippen molar-refractivity contribution >= 4 is 6.02 Å². The van der Waals surface area contributed by atoms with Gasteiger partial charge in [0, 0.05) is 0 Å². The Hall–Kier alpha value is -1.51. The van der Waals surface area contributed by atoms with Crippen LogP contribution in [0.25, 0.3) is 0 Å². The van der Waals surface area contributed by atoms with Gasteiger partial charge in [-0.3, -0.25) is 0 Å². The molecule has 2 atom stereocenters. The Bertz CT molecular complexity index is 334. The van der Waals surface area contributed by atoms with E-state index >= 15 is 0 Å². The Labute approximate surface area is 83.6 Å². The van der Waals surface area contributed by atoms with E-state index < -0.39 is 0 Å². The van der Waals surface area contributed by atoms with E-state index in [9.17, 15) is 0 Å². The van der Waals surface area contributed by atoms with Gasteiger partial charge < -0.3 is 10.5 Å². The molecule has 3 nitrogen and oxygen atoms in total. The zero-order valence-electron chi connectivity index (χ0n) is 8.18. The van der Waals surface area contributed by atoms with Gasteiger partial charge in [0.15, 0.2) is 0 Å². The highest BCUT2D eigenvalue weighted by Gasteiger charge is 2.25. The van der Waals surface area contributed by atoms with Crippen molar-refractivity contribution in [2.75, 3.05) is 0 Å². The lowest BCUT2D eigenvalue weighted by Gasteiger charge is -2.11. The van der Waals surface area contributed by atoms with Gasteiger partial charge in [0.2, 0.25) is 0 Å². The molecule has 2 rings (SSSR count). The van der Waals surface area contributed by atoms with E-state index in [2.05, 4.69) is 17.1 Å². The Kier molecular flexibility index (Phi) is 2.39. The fraction of sp³-hybridized carbons (Fsp3) is 0.364. The van der Waals surface area contributed by atoms with Crippen molar-refractivity contribution in [3.63, 3.8) is 0 Å². The van der Waals surface area contributed by atoms with Crippen LogP contribution in [0.2, 0.25) is 0 Å². The number of benzene rings is 1. The summed E-state index contributed by atoms with van der Waals surface area (Å²) in [5, 5.41) is 0. The molecule has 0 saturated heterocycles. The predicted octanol–water partition coefficient (Wildman–Crippen LogP) is 1.33. The van der Waals surface area contributed by atoms with Gasteiger partial charge in [0.1, 0.15) is 6.10 Å². The standard InChI is InChI=1S/C11H14N2O/c1-8-10(13-11(12)14-8)7-9-5-3-2-4-6-9/h2-6,8,10H,7H2,1H3,(H2,12,13). The first-order valence-corrected chi connectivity index (χ1v) is 4.79. The van der Waals surface area contributed by atoms with Crippen LogP contribution in [0.4, 0.5) is 0 Å². The molecule has 0 radical (unpaired) electrons. The number of aliphatic imine (C=N–C) groups is 1. The van der Waals surface area contributed by atoms with E-state index in [-0.39, 0.29) is 12.1 Å². The summed E-state index contributed by atoms with van der Waals surface area (Å²) in [7, 11) is 0. The quantitative estimate of drug-likeness (QED) is 0.764. The van der Waals surface area contributed by atoms with Crippen molar-refractivity contribution in [3.8, 4) is 0 Å². The number of ether oxygens (including phenoxy) is 1. The second-order valence-corrected chi connectivity index (χ2v) is 3.55. The molecule has 3 heteroatoms. The minimum absolute atomic E-state index is 0.0928. The summed E-state index contributed by atoms with van der Waals surface area (Å²) in [6.07, 6.45) is 0.984. The van der Waals surface area contributed by atoms with Gasteiger partial charge in [-0.15, -0.1) is 0 Å². The first kappa shape index (κ1) is 9.06. The molecule has 74 valence electrons. The van der Waals surface area contributed by atoms with Crippen LogP contribution in [-0.4, -0.2) is 18.2 Å². The van der Waals surface area contributed by atoms with Crippen LogP contribution in [0.3, 0.4) is 0 Å². The molecular formula is C11H14N2O. The van der Waals surface area contributed by atoms with E-state index in [1.54, 1.807) is 0 Å². The molecule has 2 N–H and O–H groups in total. The molecule has 1 heterocycles. The predicted molar refractivity (Wildman–Crippen MR) is 56.1 cm³/mol. The van der Waals surface area contributed by atoms with Gasteiger partial charge in [-0.1, -0.05) is 30.3 Å². The Morgan fingerprint density at radius 3 is 2.64 bits per heavy atom. The maximum atomic E-state index is 5.50. The molecule has 1 aromatic rings. The number of amidine groups is 1. The number of rotatable bonds is 2. The Morgan fingerprint density at radius 2 is 2.07 bits per heavy atom. The minimum atomic E-state index is 0.0928. The molecule has 0 bridgehead atoms. The second kappa shape index (κ2) is 3.70. The molecule has 14 heavy (non-hydrogen) atoms. The highest BCUT2D eigenvalue weighted by molar-refractivity contribution is 5.73. The summed E-state index contributed by atoms with van der Waals surface area (Å²) in [4.78, 5) is 4.24. The van der Waals surface area contributed by atoms with Crippen molar-refractivity contribution in [1.29, 1.82) is 0 Å². The van der Waals surface area contributed by atoms with E-state index in [1.165, 1.54) is 5.56 Å². The van der Waals surface area contributed by atoms with Gasteiger partial charge in [0.25, 0.3) is 6.02 Å². The maximum Gasteiger partial charge on any atom is 0.282 e. The van der Waals surface area contributed by atoms with E-state index in [1.807, 2.05) is 25.1 Å². The van der Waals surface area contributed by atoms with Crippen molar-refractivity contribution < 1.29 is 4.74 Å². The van der Waals surface area contributed by atoms with Gasteiger partial charge in [0.05, 0.1) is 6.04 Å². The molecule has 0 aliphatic carbocycles. The molecule has 1 aliphatic rings. The molecule has 0 fully saturated rings. The number of nitrogens with zero attached hydrogens (tertiary/aromatic N) is 1. The molecular weight excluding hydrogens is 176 g/mol. The SMILES string of the molecule is CC1OC(N)=NC1Cc1ccccc1. The molecule has 0 spiro atoms. The highest BCUT2D eigenvalue weighted by Crippen LogP contribution is 2.16. The lowest BCUT2D eigenvalue weighted by molar-refractivity contribution is 0.209. The average Bonchev–Trinajstić information content (AvgIpc) is 2.47. The third-order valence-corrected chi connectivity index (χ3v) is 2.43. The first-order chi connectivity index (χ1) is 6.75. The van der Waals surface area contributed by atoms with Crippen LogP contribution in [0.15, 0.2) is 35.3 Å². The zero-order valence-corrected chi connectivity index (χ0v) is 8.18. The molecule has 0 aromatic heterocycles. The van der Waals surface area contributed by atoms with Crippen LogP contribution >= 0.6 is 0 Å². The van der Waals surface area contributed by atoms with E-state index in [4.69, 9.17) is 10.5 Å². The smallest absolute Gasteiger partial charge is 0.282 e. The van der Waals surface area contributed by atoms with Crippen LogP contribution in [0.5, 0.6) is 0 Å². The third-order valence-electron chi connectivity index (χ3n) is 2.43. The van der Waals surface area contributed by atoms with Crippen LogP contribution in [-0.2, 0) is 11.2 Å². The normalized spacial score (nSPS) is 25.6. The molecule has 0 amide bonds. The maximum absolute atomic E-state index is 5.50. The summed E-state index contributed by atoms with van der Waals surface area (Å²) in [5.41, 5.74) is 6.77. The highest BCUT2D eigenvalue weighted by atomic mass is 16.5. The Balaban J connectivity index is 2.05. The number of hydrogen-bond acceptors (Lipinski definition) is 3. The largest absolute Gasteiger partial charge is 0.460 e. The second-order valence-electron chi connectivity index (χ2n) is 3.55. The summed E-state index contributed by atoms with van der Waals surface area (Å²) < 4.78 is 5.27. The number of hydrogen-bond donors (Lipinski definition) is 1. The van der Waals surface area contributed by atoms with Crippen molar-refractivity contribution in [1.82, 2.24) is 0 Å². The lowest BCUT2D eigenvalue weighted by Crippen LogP contribution is -2.21. The van der Waals surface area contributed by atoms with Crippen molar-refractivity contribution in [2.45, 2.75) is 25.5 Å². The minimum Gasteiger partial charge on any atom is -0.460 e. The summed E-state index contributed by atoms with van der Waals surface area (Å²) >= 11 is 0. The lowest BCUT2D eigenvalue weighted by atomic mass is 10.0. The van der Waals surface area contributed by atoms with Crippen molar-refractivity contribution in [3.05, 3.63) is 35.9 Å². The summed E-state index contributed by atoms with van der Waals surface area (Å²) in [6, 6.07) is 10.7. The number of nitrogens with two attached hydrogens (primary N) is 1. The van der Waals surface area contributed by atoms with Gasteiger partial charge in [-0.2, -0.15) is 0 Å². The van der Waals surface area contributed by atoms with E-state index in [0.717, 1.165) is 6.42 Å². The van der Waals surface area contributed by atoms with Gasteiger partial charge in [-0.05, 0) is 18.9 Å². The fourth-order valence-corrected chi connectivity index (χ4v) is 1.64. The first-order valence-electron chi connectivity index (χ1n) is 4.79. The molecule has 0 saturated carbocycles. The average molecular weight is 190 g/mol. The summed E-state index contributed by atoms with van der Waals surface area (Å²) in [6.45, 7) is 2.00. The van der Waals surface area contributed by atoms with Crippen LogP contribution < -0.4 is 5.73 Å². The fourth-order valence-electron chi connectivity index (χ4n) is 1.64. The van der Waals surface area contributed by atoms with Crippen LogP contribution in [0, 0.1) is 0 Å². The monoisotopic (exact) mass is 190 g/mol. The molecule has 2 unspecified atom stereocenters. The van der Waals surface area contributed by atoms with Crippen molar-refractivity contribution in [2.24, 2.45) is 10.7 Å². The molecule has 1 aliphatic heterocycles. The van der Waals surface area contributed by atoms with Gasteiger partial charge in [-0.25, -0.2) is 4.99 Å². The third kappa shape index (κ3) is 1.87. The van der Waals surface area contributed by atoms with Crippen LogP contribution in [0.1, 0.15) is 12.5 Å². The van der Waals surface area contributed by atoms with E-state index in [0.29, 0.717) is 6.02 Å². The topological polar surface area (TPSA) is 47.6 Å². The Morgan fingerprint density at radius 1 is 1.36 bits per heavy atom. The van der Waals surface area contributed by atoms with Gasteiger partial charge >= 0.3 is 0 Å². The zero-order chi connectivity index (χ0) is 9.97.